The predicted octanol–water partition coefficient (Wildman–Crippen LogP) is 2.34. The molecule has 1 heterocycles. The molecule has 21 heavy (non-hydrogen) atoms. The minimum Gasteiger partial charge on any atom is -0.508 e. The van der Waals surface area contributed by atoms with Crippen LogP contribution in [0, 0.1) is 0 Å². The molecule has 0 aliphatic carbocycles. The number of carbonyl (C=O) groups is 1. The lowest BCUT2D eigenvalue weighted by Crippen LogP contribution is -2.00. The number of carboxylic acids is 1. The average Bonchev–Trinajstić information content (AvgIpc) is 2.98. The highest BCUT2D eigenvalue weighted by Crippen LogP contribution is 2.19. The Hall–Kier alpha value is -3.15. The van der Waals surface area contributed by atoms with Gasteiger partial charge in [-0.2, -0.15) is 0 Å². The number of aromatic hydroxyl groups is 1. The van der Waals surface area contributed by atoms with E-state index in [0.717, 1.165) is 5.56 Å². The zero-order chi connectivity index (χ0) is 14.8. The number of aromatic carboxylic acids is 1. The van der Waals surface area contributed by atoms with E-state index in [0.29, 0.717) is 11.5 Å². The second-order valence-corrected chi connectivity index (χ2v) is 4.42. The highest BCUT2D eigenvalue weighted by molar-refractivity contribution is 5.88. The summed E-state index contributed by atoms with van der Waals surface area (Å²) < 4.78 is 1.51. The Morgan fingerprint density at radius 2 is 1.86 bits per heavy atom. The van der Waals surface area contributed by atoms with Crippen LogP contribution in [-0.4, -0.2) is 30.9 Å². The third kappa shape index (κ3) is 2.59. The van der Waals surface area contributed by atoms with E-state index in [9.17, 15) is 9.90 Å². The highest BCUT2D eigenvalue weighted by atomic mass is 16.4. The predicted molar refractivity (Wildman–Crippen MR) is 75.4 cm³/mol. The third-order valence-corrected chi connectivity index (χ3v) is 2.98. The third-order valence-electron chi connectivity index (χ3n) is 2.98. The van der Waals surface area contributed by atoms with Crippen molar-refractivity contribution in [3.05, 3.63) is 60.4 Å². The molecule has 2 N–H and O–H groups in total. The van der Waals surface area contributed by atoms with Gasteiger partial charge in [-0.1, -0.05) is 6.07 Å². The van der Waals surface area contributed by atoms with Crippen molar-refractivity contribution in [2.75, 3.05) is 0 Å². The first-order chi connectivity index (χ1) is 10.1. The lowest BCUT2D eigenvalue weighted by Gasteiger charge is -2.01. The number of carboxylic acid groups (broad SMARTS) is 1. The summed E-state index contributed by atoms with van der Waals surface area (Å²) in [6.45, 7) is 0. The van der Waals surface area contributed by atoms with E-state index in [4.69, 9.17) is 5.11 Å². The van der Waals surface area contributed by atoms with Gasteiger partial charge in [0.25, 0.3) is 0 Å². The van der Waals surface area contributed by atoms with E-state index >= 15 is 0 Å². The van der Waals surface area contributed by atoms with Gasteiger partial charge in [0.1, 0.15) is 12.1 Å². The van der Waals surface area contributed by atoms with E-state index < -0.39 is 5.97 Å². The first-order valence-electron chi connectivity index (χ1n) is 6.18. The quantitative estimate of drug-likeness (QED) is 0.769. The molecule has 0 saturated heterocycles. The van der Waals surface area contributed by atoms with Gasteiger partial charge in [-0.3, -0.25) is 0 Å². The van der Waals surface area contributed by atoms with Crippen molar-refractivity contribution in [2.24, 2.45) is 0 Å². The Morgan fingerprint density at radius 1 is 1.10 bits per heavy atom. The van der Waals surface area contributed by atoms with Crippen LogP contribution in [0.25, 0.3) is 17.1 Å². The average molecular weight is 281 g/mol. The molecule has 0 atom stereocenters. The Kier molecular flexibility index (Phi) is 3.12. The molecule has 0 spiro atoms. The monoisotopic (exact) mass is 281 g/mol. The summed E-state index contributed by atoms with van der Waals surface area (Å²) in [6.07, 6.45) is 1.52. The van der Waals surface area contributed by atoms with Gasteiger partial charge in [0.15, 0.2) is 5.82 Å². The van der Waals surface area contributed by atoms with Gasteiger partial charge in [0.05, 0.1) is 11.3 Å². The number of phenols is 1. The second kappa shape index (κ2) is 5.09. The van der Waals surface area contributed by atoms with Gasteiger partial charge in [-0.25, -0.2) is 14.5 Å². The number of phenolic OH excluding ortho intramolecular Hbond substituents is 1. The van der Waals surface area contributed by atoms with Crippen LogP contribution in [0.4, 0.5) is 0 Å². The van der Waals surface area contributed by atoms with Crippen LogP contribution < -0.4 is 0 Å². The topological polar surface area (TPSA) is 88.2 Å². The van der Waals surface area contributed by atoms with Crippen molar-refractivity contribution in [2.45, 2.75) is 0 Å². The fourth-order valence-electron chi connectivity index (χ4n) is 1.91. The van der Waals surface area contributed by atoms with Crippen molar-refractivity contribution in [3.8, 4) is 22.8 Å². The molecule has 6 heteroatoms. The number of aromatic nitrogens is 3. The van der Waals surface area contributed by atoms with E-state index in [1.165, 1.54) is 23.1 Å². The summed E-state index contributed by atoms with van der Waals surface area (Å²) in [5.74, 6) is -0.321. The summed E-state index contributed by atoms with van der Waals surface area (Å²) in [6, 6.07) is 13.0. The smallest absolute Gasteiger partial charge is 0.335 e. The molecule has 0 bridgehead atoms. The summed E-state index contributed by atoms with van der Waals surface area (Å²) in [7, 11) is 0. The molecule has 3 aromatic rings. The molecule has 0 unspecified atom stereocenters. The Balaban J connectivity index is 1.96. The van der Waals surface area contributed by atoms with E-state index in [-0.39, 0.29) is 11.3 Å². The lowest BCUT2D eigenvalue weighted by molar-refractivity contribution is 0.0697. The maximum atomic E-state index is 11.0. The van der Waals surface area contributed by atoms with Crippen LogP contribution >= 0.6 is 0 Å². The Morgan fingerprint density at radius 3 is 2.57 bits per heavy atom. The number of benzene rings is 2. The zero-order valence-electron chi connectivity index (χ0n) is 10.8. The minimum atomic E-state index is -0.990. The van der Waals surface area contributed by atoms with Gasteiger partial charge in [0, 0.05) is 5.56 Å². The van der Waals surface area contributed by atoms with Gasteiger partial charge >= 0.3 is 5.97 Å². The summed E-state index contributed by atoms with van der Waals surface area (Å²) in [5.41, 5.74) is 1.57. The second-order valence-electron chi connectivity index (χ2n) is 4.42. The standard InChI is InChI=1S/C15H11N3O3/c19-13-6-4-10(5-7-13)14-16-9-18(17-14)12-3-1-2-11(8-12)15(20)21/h1-9,19H,(H,20,21). The maximum absolute atomic E-state index is 11.0. The summed E-state index contributed by atoms with van der Waals surface area (Å²) >= 11 is 0. The van der Waals surface area contributed by atoms with Crippen LogP contribution in [0.2, 0.25) is 0 Å². The minimum absolute atomic E-state index is 0.173. The lowest BCUT2D eigenvalue weighted by atomic mass is 10.2. The van der Waals surface area contributed by atoms with Gasteiger partial charge in [-0.15, -0.1) is 5.10 Å². The molecule has 104 valence electrons. The van der Waals surface area contributed by atoms with Crippen molar-refractivity contribution in [1.82, 2.24) is 14.8 Å². The summed E-state index contributed by atoms with van der Waals surface area (Å²) in [4.78, 5) is 15.2. The zero-order valence-corrected chi connectivity index (χ0v) is 10.8. The van der Waals surface area contributed by atoms with Crippen LogP contribution in [0.5, 0.6) is 5.75 Å². The van der Waals surface area contributed by atoms with Crippen LogP contribution in [0.15, 0.2) is 54.9 Å². The molecule has 0 fully saturated rings. The summed E-state index contributed by atoms with van der Waals surface area (Å²) in [5, 5.41) is 22.6. The largest absolute Gasteiger partial charge is 0.508 e. The highest BCUT2D eigenvalue weighted by Gasteiger charge is 2.08. The molecule has 6 nitrogen and oxygen atoms in total. The fourth-order valence-corrected chi connectivity index (χ4v) is 1.91. The van der Waals surface area contributed by atoms with Crippen LogP contribution in [-0.2, 0) is 0 Å². The molecule has 1 aromatic heterocycles. The van der Waals surface area contributed by atoms with Crippen LogP contribution in [0.3, 0.4) is 0 Å². The first kappa shape index (κ1) is 12.9. The van der Waals surface area contributed by atoms with Crippen molar-refractivity contribution >= 4 is 5.97 Å². The van der Waals surface area contributed by atoms with E-state index in [1.807, 2.05) is 0 Å². The van der Waals surface area contributed by atoms with Crippen molar-refractivity contribution < 1.29 is 15.0 Å². The first-order valence-corrected chi connectivity index (χ1v) is 6.18. The molecular formula is C15H11N3O3. The molecule has 3 rings (SSSR count). The Labute approximate surface area is 119 Å². The molecule has 2 aromatic carbocycles. The molecule has 0 radical (unpaired) electrons. The molecular weight excluding hydrogens is 270 g/mol. The normalized spacial score (nSPS) is 10.5. The van der Waals surface area contributed by atoms with Gasteiger partial charge < -0.3 is 10.2 Å². The Bertz CT molecular complexity index is 794. The fraction of sp³-hybridized carbons (Fsp3) is 0. The number of hydrogen-bond donors (Lipinski definition) is 2. The van der Waals surface area contributed by atoms with Crippen LogP contribution in [0.1, 0.15) is 10.4 Å². The molecule has 0 saturated carbocycles. The van der Waals surface area contributed by atoms with Gasteiger partial charge in [-0.05, 0) is 42.5 Å². The number of hydrogen-bond acceptors (Lipinski definition) is 4. The number of nitrogens with zero attached hydrogens (tertiary/aromatic N) is 3. The molecule has 0 amide bonds. The maximum Gasteiger partial charge on any atom is 0.335 e. The van der Waals surface area contributed by atoms with Crippen molar-refractivity contribution in [1.29, 1.82) is 0 Å². The number of rotatable bonds is 3. The van der Waals surface area contributed by atoms with Gasteiger partial charge in [0.2, 0.25) is 0 Å². The molecule has 0 aliphatic heterocycles. The van der Waals surface area contributed by atoms with E-state index in [2.05, 4.69) is 10.1 Å². The SMILES string of the molecule is O=C(O)c1cccc(-n2cnc(-c3ccc(O)cc3)n2)c1. The van der Waals surface area contributed by atoms with Crippen molar-refractivity contribution in [3.63, 3.8) is 0 Å². The van der Waals surface area contributed by atoms with E-state index in [1.54, 1.807) is 36.4 Å². The molecule has 0 aliphatic rings.